The van der Waals surface area contributed by atoms with Crippen molar-refractivity contribution in [3.05, 3.63) is 188 Å². The molecule has 2 unspecified atom stereocenters. The summed E-state index contributed by atoms with van der Waals surface area (Å²) in [7, 11) is 0. The number of carbonyl (C=O) groups excluding carboxylic acids is 7. The molecule has 0 bridgehead atoms. The minimum absolute atomic E-state index is 0.0194. The lowest BCUT2D eigenvalue weighted by Crippen LogP contribution is -2.15. The van der Waals surface area contributed by atoms with Gasteiger partial charge in [0.05, 0.1) is 31.2 Å². The van der Waals surface area contributed by atoms with Crippen molar-refractivity contribution < 1.29 is 71.5 Å². The van der Waals surface area contributed by atoms with Crippen molar-refractivity contribution in [1.82, 2.24) is 0 Å². The molecular weight excluding hydrogens is 963 g/mol. The molecule has 0 amide bonds. The van der Waals surface area contributed by atoms with Crippen LogP contribution in [0.3, 0.4) is 0 Å². The quantitative estimate of drug-likeness (QED) is 0.0109. The van der Waals surface area contributed by atoms with E-state index in [1.807, 2.05) is 102 Å². The van der Waals surface area contributed by atoms with E-state index in [9.17, 15) is 33.6 Å². The van der Waals surface area contributed by atoms with Crippen LogP contribution in [0, 0.1) is 0 Å². The van der Waals surface area contributed by atoms with Crippen LogP contribution >= 0.6 is 0 Å². The lowest BCUT2D eigenvalue weighted by Gasteiger charge is -2.26. The number of nitrogens with zero attached hydrogens (tertiary/aromatic N) is 1. The summed E-state index contributed by atoms with van der Waals surface area (Å²) in [6, 6.07) is 38.0. The fourth-order valence-corrected chi connectivity index (χ4v) is 7.06. The van der Waals surface area contributed by atoms with E-state index in [1.165, 1.54) is 6.08 Å². The van der Waals surface area contributed by atoms with E-state index >= 15 is 0 Å². The first kappa shape index (κ1) is 56.9. The standard InChI is InChI=1S/C59H59NO15/c1-7-40(4)68-34-35-71-55(63)30-32-57(65)74-41(5)43-10-14-45(15-11-43)47-18-24-50(25-19-47)60(52-28-22-49(23-29-52)59(67)73-39-38-70-54(62)9-3)51-26-20-48(21-27-51)46-16-12-44(13-17-46)42(6)75-58(66)33-31-56(64)72-37-36-69-53(61)8-2/h7-29,41-42H,1-4,30-39H2,5-6H3. The molecule has 390 valence electrons. The van der Waals surface area contributed by atoms with Gasteiger partial charge in [0, 0.05) is 29.2 Å². The van der Waals surface area contributed by atoms with Gasteiger partial charge in [-0.1, -0.05) is 99.1 Å². The van der Waals surface area contributed by atoms with Crippen molar-refractivity contribution in [1.29, 1.82) is 0 Å². The van der Waals surface area contributed by atoms with Gasteiger partial charge in [0.1, 0.15) is 57.6 Å². The van der Waals surface area contributed by atoms with Crippen molar-refractivity contribution in [3.8, 4) is 22.3 Å². The van der Waals surface area contributed by atoms with Crippen LogP contribution in [0.25, 0.3) is 22.3 Å². The predicted molar refractivity (Wildman–Crippen MR) is 279 cm³/mol. The maximum atomic E-state index is 12.9. The average molecular weight is 1020 g/mol. The number of hydrogen-bond acceptors (Lipinski definition) is 16. The molecule has 5 aromatic carbocycles. The molecule has 0 aliphatic rings. The van der Waals surface area contributed by atoms with E-state index in [1.54, 1.807) is 38.1 Å². The van der Waals surface area contributed by atoms with Crippen LogP contribution in [0.1, 0.15) is 73.2 Å². The first-order valence-corrected chi connectivity index (χ1v) is 23.9. The zero-order valence-electron chi connectivity index (χ0n) is 41.9. The maximum absolute atomic E-state index is 12.9. The minimum atomic E-state index is -0.630. The Balaban J connectivity index is 1.24. The summed E-state index contributed by atoms with van der Waals surface area (Å²) in [4.78, 5) is 86.5. The molecule has 75 heavy (non-hydrogen) atoms. The van der Waals surface area contributed by atoms with Gasteiger partial charge in [-0.2, -0.15) is 0 Å². The van der Waals surface area contributed by atoms with Crippen LogP contribution in [0.5, 0.6) is 0 Å². The molecule has 0 aliphatic heterocycles. The molecule has 0 fully saturated rings. The van der Waals surface area contributed by atoms with E-state index in [4.69, 9.17) is 37.9 Å². The summed E-state index contributed by atoms with van der Waals surface area (Å²) < 4.78 is 41.4. The number of rotatable bonds is 29. The number of esters is 7. The third-order valence-electron chi connectivity index (χ3n) is 11.1. The molecule has 5 rings (SSSR count). The smallest absolute Gasteiger partial charge is 0.338 e. The van der Waals surface area contributed by atoms with Gasteiger partial charge in [-0.05, 0) is 102 Å². The average Bonchev–Trinajstić information content (AvgIpc) is 3.43. The first-order chi connectivity index (χ1) is 36.2. The molecule has 0 spiro atoms. The Labute approximate surface area is 435 Å². The fourth-order valence-electron chi connectivity index (χ4n) is 7.06. The first-order valence-electron chi connectivity index (χ1n) is 23.9. The van der Waals surface area contributed by atoms with Gasteiger partial charge >= 0.3 is 41.8 Å². The second kappa shape index (κ2) is 29.5. The molecule has 0 aliphatic carbocycles. The van der Waals surface area contributed by atoms with E-state index < -0.39 is 54.0 Å². The van der Waals surface area contributed by atoms with Gasteiger partial charge in [0.25, 0.3) is 0 Å². The van der Waals surface area contributed by atoms with Crippen molar-refractivity contribution in [2.24, 2.45) is 0 Å². The van der Waals surface area contributed by atoms with Crippen LogP contribution in [0.4, 0.5) is 17.1 Å². The number of ether oxygens (including phenoxy) is 8. The van der Waals surface area contributed by atoms with E-state index in [0.29, 0.717) is 11.3 Å². The second-order valence-corrected chi connectivity index (χ2v) is 16.3. The lowest BCUT2D eigenvalue weighted by molar-refractivity contribution is -0.154. The Morgan fingerprint density at radius 1 is 0.413 bits per heavy atom. The van der Waals surface area contributed by atoms with Gasteiger partial charge in [-0.15, -0.1) is 0 Å². The molecular formula is C59H59NO15. The van der Waals surface area contributed by atoms with E-state index in [2.05, 4.69) is 26.3 Å². The third-order valence-corrected chi connectivity index (χ3v) is 11.1. The molecule has 2 atom stereocenters. The molecule has 0 N–H and O–H groups in total. The number of allylic oxidation sites excluding steroid dienone is 1. The zero-order valence-corrected chi connectivity index (χ0v) is 41.9. The third kappa shape index (κ3) is 18.5. The lowest BCUT2D eigenvalue weighted by atomic mass is 10.0. The van der Waals surface area contributed by atoms with Crippen molar-refractivity contribution >= 4 is 58.8 Å². The number of anilines is 3. The Hall–Kier alpha value is -9.05. The van der Waals surface area contributed by atoms with Gasteiger partial charge in [-0.25, -0.2) is 14.4 Å². The highest BCUT2D eigenvalue weighted by molar-refractivity contribution is 5.91. The number of hydrogen-bond donors (Lipinski definition) is 0. The Kier molecular flexibility index (Phi) is 22.3. The van der Waals surface area contributed by atoms with Crippen molar-refractivity contribution in [2.75, 3.05) is 44.5 Å². The summed E-state index contributed by atoms with van der Waals surface area (Å²) >= 11 is 0. The normalized spacial score (nSPS) is 11.3. The summed E-state index contributed by atoms with van der Waals surface area (Å²) in [5, 5.41) is 0. The molecule has 0 heterocycles. The second-order valence-electron chi connectivity index (χ2n) is 16.3. The summed E-state index contributed by atoms with van der Waals surface area (Å²) in [6.45, 7) is 16.9. The van der Waals surface area contributed by atoms with E-state index in [-0.39, 0.29) is 65.3 Å². The molecule has 0 radical (unpaired) electrons. The predicted octanol–water partition coefficient (Wildman–Crippen LogP) is 10.7. The summed E-state index contributed by atoms with van der Waals surface area (Å²) in [6.07, 6.45) is 1.69. The van der Waals surface area contributed by atoms with Crippen molar-refractivity contribution in [3.63, 3.8) is 0 Å². The number of benzene rings is 5. The van der Waals surface area contributed by atoms with Crippen LogP contribution in [-0.4, -0.2) is 81.4 Å². The van der Waals surface area contributed by atoms with Crippen LogP contribution in [0.15, 0.2) is 172 Å². The maximum Gasteiger partial charge on any atom is 0.338 e. The highest BCUT2D eigenvalue weighted by Crippen LogP contribution is 2.37. The highest BCUT2D eigenvalue weighted by Gasteiger charge is 2.19. The largest absolute Gasteiger partial charge is 0.491 e. The molecule has 5 aromatic rings. The Morgan fingerprint density at radius 3 is 1.11 bits per heavy atom. The number of carbonyl (C=O) groups is 7. The molecule has 16 nitrogen and oxygen atoms in total. The Morgan fingerprint density at radius 2 is 0.733 bits per heavy atom. The van der Waals surface area contributed by atoms with E-state index in [0.717, 1.165) is 62.6 Å². The summed E-state index contributed by atoms with van der Waals surface area (Å²) in [5.41, 5.74) is 7.87. The monoisotopic (exact) mass is 1020 g/mol. The molecule has 0 saturated carbocycles. The van der Waals surface area contributed by atoms with Crippen molar-refractivity contribution in [2.45, 2.75) is 51.7 Å². The van der Waals surface area contributed by atoms with Crippen LogP contribution < -0.4 is 4.90 Å². The Bertz CT molecular complexity index is 2630. The van der Waals surface area contributed by atoms with Gasteiger partial charge in [0.15, 0.2) is 0 Å². The highest BCUT2D eigenvalue weighted by atomic mass is 16.6. The van der Waals surface area contributed by atoms with Crippen LogP contribution in [0.2, 0.25) is 0 Å². The molecule has 0 aromatic heterocycles. The van der Waals surface area contributed by atoms with Crippen LogP contribution in [-0.2, 0) is 66.7 Å². The fraction of sp³-hybridized carbons (Fsp3) is 0.237. The molecule has 16 heteroatoms. The molecule has 0 saturated heterocycles. The van der Waals surface area contributed by atoms with Gasteiger partial charge in [0.2, 0.25) is 0 Å². The zero-order chi connectivity index (χ0) is 54.1. The minimum Gasteiger partial charge on any atom is -0.491 e. The summed E-state index contributed by atoms with van der Waals surface area (Å²) in [5.74, 6) is -3.72. The van der Waals surface area contributed by atoms with Gasteiger partial charge in [-0.3, -0.25) is 19.2 Å². The van der Waals surface area contributed by atoms with Gasteiger partial charge < -0.3 is 42.8 Å². The topological polar surface area (TPSA) is 197 Å². The SMILES string of the molecule is C=CC(=C)OCCOC(=O)CCC(=O)OC(C)c1ccc(-c2ccc(N(c3ccc(C(=O)OCCOC(=O)C=C)cc3)c3ccc(-c4ccc(C(C)OC(=O)CCC(=O)OCCOC(=O)C=C)cc4)cc3)cc2)cc1.